The summed E-state index contributed by atoms with van der Waals surface area (Å²) in [7, 11) is 0. The van der Waals surface area contributed by atoms with Crippen LogP contribution in [0, 0.1) is 11.8 Å². The van der Waals surface area contributed by atoms with E-state index in [9.17, 15) is 4.79 Å². The summed E-state index contributed by atoms with van der Waals surface area (Å²) in [5.74, 6) is 2.01. The first-order valence-electron chi connectivity index (χ1n) is 4.51. The van der Waals surface area contributed by atoms with Gasteiger partial charge in [-0.1, -0.05) is 0 Å². The van der Waals surface area contributed by atoms with E-state index in [0.717, 1.165) is 11.8 Å². The monoisotopic (exact) mass is 153 g/mol. The lowest BCUT2D eigenvalue weighted by Gasteiger charge is -2.45. The van der Waals surface area contributed by atoms with Gasteiger partial charge in [0.15, 0.2) is 0 Å². The fourth-order valence-corrected chi connectivity index (χ4v) is 2.56. The molecule has 0 unspecified atom stereocenters. The molecule has 2 bridgehead atoms. The smallest absolute Gasteiger partial charge is 0.217 e. The molecule has 0 aromatic carbocycles. The SMILES string of the molecule is CC(=O)NC1CC2CC(C2)C1. The summed E-state index contributed by atoms with van der Waals surface area (Å²) >= 11 is 0. The summed E-state index contributed by atoms with van der Waals surface area (Å²) < 4.78 is 0. The molecule has 0 spiro atoms. The van der Waals surface area contributed by atoms with Gasteiger partial charge in [0.25, 0.3) is 0 Å². The van der Waals surface area contributed by atoms with Crippen molar-refractivity contribution < 1.29 is 4.79 Å². The highest BCUT2D eigenvalue weighted by Gasteiger charge is 2.38. The molecule has 0 aromatic heterocycles. The van der Waals surface area contributed by atoms with Crippen LogP contribution in [0.2, 0.25) is 0 Å². The molecule has 3 aliphatic rings. The molecule has 0 aromatic rings. The van der Waals surface area contributed by atoms with E-state index in [-0.39, 0.29) is 5.91 Å². The van der Waals surface area contributed by atoms with Gasteiger partial charge in [0.1, 0.15) is 0 Å². The average Bonchev–Trinajstić information content (AvgIpc) is 1.83. The third-order valence-corrected chi connectivity index (χ3v) is 2.98. The lowest BCUT2D eigenvalue weighted by molar-refractivity contribution is -0.120. The van der Waals surface area contributed by atoms with Crippen LogP contribution in [-0.2, 0) is 4.79 Å². The van der Waals surface area contributed by atoms with E-state index in [1.54, 1.807) is 6.92 Å². The average molecular weight is 153 g/mol. The fraction of sp³-hybridized carbons (Fsp3) is 0.889. The normalized spacial score (nSPS) is 41.0. The molecule has 3 rings (SSSR count). The van der Waals surface area contributed by atoms with Crippen molar-refractivity contribution in [1.29, 1.82) is 0 Å². The molecule has 3 saturated carbocycles. The third kappa shape index (κ3) is 1.39. The number of carbonyl (C=O) groups excluding carboxylic acids is 1. The van der Waals surface area contributed by atoms with Crippen LogP contribution in [0.1, 0.15) is 32.6 Å². The molecule has 62 valence electrons. The second-order valence-electron chi connectivity index (χ2n) is 4.07. The van der Waals surface area contributed by atoms with Gasteiger partial charge in [-0.3, -0.25) is 4.79 Å². The van der Waals surface area contributed by atoms with Crippen molar-refractivity contribution in [2.24, 2.45) is 11.8 Å². The van der Waals surface area contributed by atoms with E-state index >= 15 is 0 Å². The van der Waals surface area contributed by atoms with Gasteiger partial charge < -0.3 is 5.32 Å². The van der Waals surface area contributed by atoms with Gasteiger partial charge in [-0.25, -0.2) is 0 Å². The topological polar surface area (TPSA) is 29.1 Å². The van der Waals surface area contributed by atoms with Crippen LogP contribution in [0.4, 0.5) is 0 Å². The number of carbonyl (C=O) groups is 1. The molecule has 0 heterocycles. The molecule has 1 N–H and O–H groups in total. The van der Waals surface area contributed by atoms with Crippen LogP contribution in [-0.4, -0.2) is 11.9 Å². The Morgan fingerprint density at radius 3 is 2.18 bits per heavy atom. The van der Waals surface area contributed by atoms with Crippen LogP contribution < -0.4 is 5.32 Å². The highest BCUT2D eigenvalue weighted by Crippen LogP contribution is 2.45. The number of hydrogen-bond acceptors (Lipinski definition) is 1. The van der Waals surface area contributed by atoms with E-state index in [2.05, 4.69) is 5.32 Å². The Hall–Kier alpha value is -0.530. The zero-order valence-electron chi connectivity index (χ0n) is 6.97. The van der Waals surface area contributed by atoms with Gasteiger partial charge in [0.05, 0.1) is 0 Å². The first-order chi connectivity index (χ1) is 5.24. The second kappa shape index (κ2) is 2.50. The number of fused-ring (bicyclic) bond motifs is 2. The Morgan fingerprint density at radius 1 is 1.18 bits per heavy atom. The Labute approximate surface area is 67.4 Å². The van der Waals surface area contributed by atoms with Crippen molar-refractivity contribution in [3.63, 3.8) is 0 Å². The summed E-state index contributed by atoms with van der Waals surface area (Å²) in [5.41, 5.74) is 0. The minimum atomic E-state index is 0.135. The lowest BCUT2D eigenvalue weighted by Crippen LogP contribution is -2.45. The molecule has 1 amide bonds. The van der Waals surface area contributed by atoms with Crippen LogP contribution >= 0.6 is 0 Å². The molecule has 2 nitrogen and oxygen atoms in total. The van der Waals surface area contributed by atoms with Crippen molar-refractivity contribution in [1.82, 2.24) is 5.32 Å². The van der Waals surface area contributed by atoms with E-state index in [4.69, 9.17) is 0 Å². The minimum Gasteiger partial charge on any atom is -0.354 e. The van der Waals surface area contributed by atoms with Gasteiger partial charge in [-0.05, 0) is 37.5 Å². The van der Waals surface area contributed by atoms with Crippen LogP contribution in [0.5, 0.6) is 0 Å². The van der Waals surface area contributed by atoms with Gasteiger partial charge in [0.2, 0.25) is 5.91 Å². The summed E-state index contributed by atoms with van der Waals surface area (Å²) in [6, 6.07) is 0.505. The molecule has 0 atom stereocenters. The van der Waals surface area contributed by atoms with Gasteiger partial charge in [-0.2, -0.15) is 0 Å². The van der Waals surface area contributed by atoms with E-state index in [1.165, 1.54) is 25.7 Å². The zero-order valence-corrected chi connectivity index (χ0v) is 6.97. The number of amides is 1. The van der Waals surface area contributed by atoms with E-state index < -0.39 is 0 Å². The molecule has 2 heteroatoms. The molecule has 0 radical (unpaired) electrons. The maximum atomic E-state index is 10.7. The number of hydrogen-bond donors (Lipinski definition) is 1. The zero-order chi connectivity index (χ0) is 7.84. The molecule has 11 heavy (non-hydrogen) atoms. The predicted molar refractivity (Wildman–Crippen MR) is 43.1 cm³/mol. The van der Waals surface area contributed by atoms with Crippen molar-refractivity contribution in [3.8, 4) is 0 Å². The molecule has 3 fully saturated rings. The van der Waals surface area contributed by atoms with Crippen molar-refractivity contribution in [3.05, 3.63) is 0 Å². The van der Waals surface area contributed by atoms with E-state index in [1.807, 2.05) is 0 Å². The van der Waals surface area contributed by atoms with Gasteiger partial charge >= 0.3 is 0 Å². The summed E-state index contributed by atoms with van der Waals surface area (Å²) in [4.78, 5) is 10.7. The molecular weight excluding hydrogens is 138 g/mol. The van der Waals surface area contributed by atoms with Crippen LogP contribution in [0.15, 0.2) is 0 Å². The van der Waals surface area contributed by atoms with Crippen LogP contribution in [0.25, 0.3) is 0 Å². The number of nitrogens with one attached hydrogen (secondary N) is 1. The van der Waals surface area contributed by atoms with Crippen molar-refractivity contribution in [2.75, 3.05) is 0 Å². The van der Waals surface area contributed by atoms with Crippen LogP contribution in [0.3, 0.4) is 0 Å². The maximum absolute atomic E-state index is 10.7. The van der Waals surface area contributed by atoms with Gasteiger partial charge in [-0.15, -0.1) is 0 Å². The molecule has 3 aliphatic carbocycles. The molecule has 0 saturated heterocycles. The largest absolute Gasteiger partial charge is 0.354 e. The van der Waals surface area contributed by atoms with Crippen molar-refractivity contribution >= 4 is 5.91 Å². The second-order valence-corrected chi connectivity index (χ2v) is 4.07. The standard InChI is InChI=1S/C9H15NO/c1-6(11)10-9-4-7-2-8(3-7)5-9/h7-9H,2-5H2,1H3,(H,10,11). The third-order valence-electron chi connectivity index (χ3n) is 2.98. The summed E-state index contributed by atoms with van der Waals surface area (Å²) in [5, 5.41) is 3.00. The van der Waals surface area contributed by atoms with E-state index in [0.29, 0.717) is 6.04 Å². The summed E-state index contributed by atoms with van der Waals surface area (Å²) in [6.07, 6.45) is 5.32. The van der Waals surface area contributed by atoms with Crippen molar-refractivity contribution in [2.45, 2.75) is 38.6 Å². The highest BCUT2D eigenvalue weighted by atomic mass is 16.1. The number of rotatable bonds is 1. The Bertz CT molecular complexity index is 162. The Balaban J connectivity index is 1.83. The predicted octanol–water partition coefficient (Wildman–Crippen LogP) is 1.31. The lowest BCUT2D eigenvalue weighted by atomic mass is 9.63. The Kier molecular flexibility index (Phi) is 1.63. The molecule has 0 aliphatic heterocycles. The minimum absolute atomic E-state index is 0.135. The highest BCUT2D eigenvalue weighted by molar-refractivity contribution is 5.73. The first kappa shape index (κ1) is 7.14. The fourth-order valence-electron chi connectivity index (χ4n) is 2.56. The quantitative estimate of drug-likeness (QED) is 0.604. The maximum Gasteiger partial charge on any atom is 0.217 e. The Morgan fingerprint density at radius 2 is 1.73 bits per heavy atom. The summed E-state index contributed by atoms with van der Waals surface area (Å²) in [6.45, 7) is 1.61. The van der Waals surface area contributed by atoms with Gasteiger partial charge in [0, 0.05) is 13.0 Å². The molecular formula is C9H15NO. The first-order valence-corrected chi connectivity index (χ1v) is 4.51.